The van der Waals surface area contributed by atoms with Crippen LogP contribution in [0.5, 0.6) is 0 Å². The van der Waals surface area contributed by atoms with Crippen LogP contribution in [0.25, 0.3) is 0 Å². The number of thioether (sulfide) groups is 1. The van der Waals surface area contributed by atoms with Gasteiger partial charge >= 0.3 is 5.97 Å². The summed E-state index contributed by atoms with van der Waals surface area (Å²) >= 11 is 1.37. The highest BCUT2D eigenvalue weighted by Crippen LogP contribution is 2.07. The summed E-state index contributed by atoms with van der Waals surface area (Å²) in [5.74, 6) is 0.146. The zero-order valence-electron chi connectivity index (χ0n) is 12.1. The molecule has 132 valence electrons. The molecule has 0 spiro atoms. The van der Waals surface area contributed by atoms with Gasteiger partial charge in [0, 0.05) is 12.4 Å². The van der Waals surface area contributed by atoms with E-state index >= 15 is 0 Å². The van der Waals surface area contributed by atoms with Crippen molar-refractivity contribution in [2.24, 2.45) is 5.73 Å². The van der Waals surface area contributed by atoms with Crippen molar-refractivity contribution in [3.8, 4) is 0 Å². The number of aliphatic hydroxyl groups excluding tert-OH is 6. The maximum Gasteiger partial charge on any atom is 0.323 e. The predicted octanol–water partition coefficient (Wildman–Crippen LogP) is -3.59. The first-order valence-electron chi connectivity index (χ1n) is 6.79. The van der Waals surface area contributed by atoms with Crippen molar-refractivity contribution in [1.82, 2.24) is 0 Å². The van der Waals surface area contributed by atoms with Gasteiger partial charge in [-0.05, 0) is 12.2 Å². The van der Waals surface area contributed by atoms with Gasteiger partial charge in [0.2, 0.25) is 0 Å². The first kappa shape index (κ1) is 21.5. The van der Waals surface area contributed by atoms with E-state index in [1.807, 2.05) is 0 Å². The third kappa shape index (κ3) is 8.25. The van der Waals surface area contributed by atoms with E-state index in [1.165, 1.54) is 11.8 Å². The maximum absolute atomic E-state index is 11.5. The van der Waals surface area contributed by atoms with Gasteiger partial charge < -0.3 is 41.1 Å². The third-order valence-electron chi connectivity index (χ3n) is 2.77. The lowest BCUT2D eigenvalue weighted by Gasteiger charge is -2.25. The molecule has 8 N–H and O–H groups in total. The Morgan fingerprint density at radius 1 is 1.09 bits per heavy atom. The van der Waals surface area contributed by atoms with Crippen molar-refractivity contribution in [2.45, 2.75) is 36.9 Å². The molecule has 22 heavy (non-hydrogen) atoms. The van der Waals surface area contributed by atoms with Gasteiger partial charge in [0.05, 0.1) is 6.61 Å². The summed E-state index contributed by atoms with van der Waals surface area (Å²) in [6, 6.07) is -0.916. The van der Waals surface area contributed by atoms with E-state index in [2.05, 4.69) is 0 Å². The van der Waals surface area contributed by atoms with Crippen LogP contribution < -0.4 is 5.73 Å². The van der Waals surface area contributed by atoms with Gasteiger partial charge in [0.15, 0.2) is 0 Å². The lowest BCUT2D eigenvalue weighted by Crippen LogP contribution is -2.48. The van der Waals surface area contributed by atoms with E-state index < -0.39 is 49.6 Å². The molecule has 0 aliphatic rings. The molecule has 10 heteroatoms. The average Bonchev–Trinajstić information content (AvgIpc) is 2.53. The molecule has 0 saturated carbocycles. The van der Waals surface area contributed by atoms with E-state index in [0.29, 0.717) is 12.2 Å². The summed E-state index contributed by atoms with van der Waals surface area (Å²) in [6.45, 7) is -1.34. The number of nitrogens with two attached hydrogens (primary N) is 1. The van der Waals surface area contributed by atoms with Crippen LogP contribution in [0, 0.1) is 0 Å². The van der Waals surface area contributed by atoms with Crippen molar-refractivity contribution in [1.29, 1.82) is 0 Å². The second-order valence-corrected chi connectivity index (χ2v) is 5.84. The topological polar surface area (TPSA) is 174 Å². The molecule has 0 unspecified atom stereocenters. The van der Waals surface area contributed by atoms with Gasteiger partial charge in [-0.2, -0.15) is 11.8 Å². The lowest BCUT2D eigenvalue weighted by atomic mass is 10.0. The van der Waals surface area contributed by atoms with Crippen molar-refractivity contribution in [3.63, 3.8) is 0 Å². The maximum atomic E-state index is 11.5. The predicted molar refractivity (Wildman–Crippen MR) is 79.1 cm³/mol. The number of aliphatic hydroxyl groups is 6. The summed E-state index contributed by atoms with van der Waals surface area (Å²) in [6.07, 6.45) is -6.23. The minimum Gasteiger partial charge on any atom is -0.462 e. The van der Waals surface area contributed by atoms with Gasteiger partial charge in [0.1, 0.15) is 37.1 Å². The Hall–Kier alpha value is -0.460. The van der Waals surface area contributed by atoms with Gasteiger partial charge in [-0.15, -0.1) is 0 Å². The molecule has 0 radical (unpaired) electrons. The smallest absolute Gasteiger partial charge is 0.323 e. The minimum atomic E-state index is -1.79. The molecule has 0 aliphatic carbocycles. The summed E-state index contributed by atoms with van der Waals surface area (Å²) < 4.78 is 4.72. The fourth-order valence-corrected chi connectivity index (χ4v) is 2.27. The number of esters is 1. The molecule has 9 nitrogen and oxygen atoms in total. The van der Waals surface area contributed by atoms with Crippen molar-refractivity contribution >= 4 is 17.7 Å². The molecular weight excluding hydrogens is 318 g/mol. The zero-order valence-corrected chi connectivity index (χ0v) is 12.9. The number of ether oxygens (including phenoxy) is 1. The van der Waals surface area contributed by atoms with Gasteiger partial charge in [0.25, 0.3) is 0 Å². The number of hydrogen-bond donors (Lipinski definition) is 7. The number of rotatable bonds is 12. The third-order valence-corrected chi connectivity index (χ3v) is 3.94. The standard InChI is InChI=1S/C12H25NO8S/c13-7(6-22-3-1-2-14)12(20)21-5-9(17)11(19)10(18)8(16)4-15/h7-11,14-19H,1-6,13H2/t7-,8-,9+,10+,11+/m0/s1. The van der Waals surface area contributed by atoms with Gasteiger partial charge in [-0.3, -0.25) is 4.79 Å². The average molecular weight is 343 g/mol. The molecule has 0 aromatic rings. The summed E-state index contributed by atoms with van der Waals surface area (Å²) in [4.78, 5) is 11.5. The molecule has 0 bridgehead atoms. The Balaban J connectivity index is 4.06. The SMILES string of the molecule is N[C@@H](CSCCCO)C(=O)OC[C@@H](O)[C@@H](O)[C@H](O)[C@@H](O)CO. The first-order valence-corrected chi connectivity index (χ1v) is 7.94. The van der Waals surface area contributed by atoms with Crippen LogP contribution in [0.2, 0.25) is 0 Å². The van der Waals surface area contributed by atoms with Crippen LogP contribution in [0.15, 0.2) is 0 Å². The fraction of sp³-hybridized carbons (Fsp3) is 0.917. The minimum absolute atomic E-state index is 0.0543. The Labute approximate surface area is 132 Å². The Morgan fingerprint density at radius 2 is 1.68 bits per heavy atom. The van der Waals surface area contributed by atoms with Gasteiger partial charge in [-0.1, -0.05) is 0 Å². The molecular formula is C12H25NO8S. The van der Waals surface area contributed by atoms with E-state index in [1.54, 1.807) is 0 Å². The van der Waals surface area contributed by atoms with Gasteiger partial charge in [-0.25, -0.2) is 0 Å². The van der Waals surface area contributed by atoms with Crippen LogP contribution >= 0.6 is 11.8 Å². The van der Waals surface area contributed by atoms with Crippen molar-refractivity contribution in [2.75, 3.05) is 31.3 Å². The summed E-state index contributed by atoms with van der Waals surface area (Å²) in [5, 5.41) is 54.8. The van der Waals surface area contributed by atoms with Crippen molar-refractivity contribution in [3.05, 3.63) is 0 Å². The normalized spacial score (nSPS) is 18.3. The molecule has 0 heterocycles. The van der Waals surface area contributed by atoms with E-state index in [-0.39, 0.29) is 12.4 Å². The van der Waals surface area contributed by atoms with E-state index in [9.17, 15) is 20.1 Å². The Morgan fingerprint density at radius 3 is 2.23 bits per heavy atom. The summed E-state index contributed by atoms with van der Waals surface area (Å²) in [7, 11) is 0. The molecule has 0 fully saturated rings. The van der Waals surface area contributed by atoms with E-state index in [4.69, 9.17) is 25.8 Å². The quantitative estimate of drug-likeness (QED) is 0.139. The molecule has 0 saturated heterocycles. The molecule has 0 aromatic heterocycles. The second kappa shape index (κ2) is 12.0. The summed E-state index contributed by atoms with van der Waals surface area (Å²) in [5.41, 5.74) is 5.57. The second-order valence-electron chi connectivity index (χ2n) is 4.69. The molecule has 0 rings (SSSR count). The number of carbonyl (C=O) groups is 1. The number of hydrogen-bond acceptors (Lipinski definition) is 10. The Bertz CT molecular complexity index is 309. The van der Waals surface area contributed by atoms with Crippen molar-refractivity contribution < 1.29 is 40.2 Å². The largest absolute Gasteiger partial charge is 0.462 e. The lowest BCUT2D eigenvalue weighted by molar-refractivity contribution is -0.157. The number of carbonyl (C=O) groups excluding carboxylic acids is 1. The highest BCUT2D eigenvalue weighted by molar-refractivity contribution is 7.99. The molecule has 0 amide bonds. The monoisotopic (exact) mass is 343 g/mol. The zero-order chi connectivity index (χ0) is 17.1. The first-order chi connectivity index (χ1) is 10.3. The van der Waals surface area contributed by atoms with Crippen LogP contribution in [0.4, 0.5) is 0 Å². The molecule has 0 aliphatic heterocycles. The fourth-order valence-electron chi connectivity index (χ4n) is 1.38. The Kier molecular flexibility index (Phi) is 11.8. The molecule has 0 aromatic carbocycles. The highest BCUT2D eigenvalue weighted by Gasteiger charge is 2.31. The van der Waals surface area contributed by atoms with Crippen LogP contribution in [-0.4, -0.2) is 98.4 Å². The highest BCUT2D eigenvalue weighted by atomic mass is 32.2. The van der Waals surface area contributed by atoms with E-state index in [0.717, 1.165) is 0 Å². The van der Waals surface area contributed by atoms with Crippen LogP contribution in [0.1, 0.15) is 6.42 Å². The van der Waals surface area contributed by atoms with Crippen LogP contribution in [-0.2, 0) is 9.53 Å². The van der Waals surface area contributed by atoms with Crippen LogP contribution in [0.3, 0.4) is 0 Å². The molecule has 5 atom stereocenters.